The molecule has 0 aliphatic carbocycles. The van der Waals surface area contributed by atoms with Crippen LogP contribution in [0.3, 0.4) is 0 Å². The van der Waals surface area contributed by atoms with Crippen molar-refractivity contribution >= 4 is 22.6 Å². The van der Waals surface area contributed by atoms with Gasteiger partial charge in [0.2, 0.25) is 0 Å². The summed E-state index contributed by atoms with van der Waals surface area (Å²) in [5.41, 5.74) is 2.63. The molecule has 0 radical (unpaired) electrons. The average molecular weight is 259 g/mol. The summed E-state index contributed by atoms with van der Waals surface area (Å²) in [6.07, 6.45) is 2.26. The van der Waals surface area contributed by atoms with Crippen LogP contribution in [0.25, 0.3) is 16.7 Å². The molecule has 0 aliphatic rings. The van der Waals surface area contributed by atoms with Crippen LogP contribution in [-0.4, -0.2) is 19.7 Å². The van der Waals surface area contributed by atoms with E-state index in [-0.39, 0.29) is 0 Å². The first-order valence-corrected chi connectivity index (χ1v) is 6.12. The zero-order valence-electron chi connectivity index (χ0n) is 9.84. The van der Waals surface area contributed by atoms with Gasteiger partial charge in [0.1, 0.15) is 11.5 Å². The highest BCUT2D eigenvalue weighted by Crippen LogP contribution is 2.25. The first-order chi connectivity index (χ1) is 8.81. The first-order valence-electron chi connectivity index (χ1n) is 5.74. The molecule has 4 nitrogen and oxygen atoms in total. The van der Waals surface area contributed by atoms with Crippen molar-refractivity contribution in [1.29, 1.82) is 0 Å². The lowest BCUT2D eigenvalue weighted by atomic mass is 10.2. The van der Waals surface area contributed by atoms with Gasteiger partial charge < -0.3 is 0 Å². The van der Waals surface area contributed by atoms with E-state index in [1.807, 2.05) is 41.9 Å². The van der Waals surface area contributed by atoms with E-state index in [9.17, 15) is 0 Å². The van der Waals surface area contributed by atoms with Crippen molar-refractivity contribution in [1.82, 2.24) is 19.7 Å². The van der Waals surface area contributed by atoms with Crippen LogP contribution < -0.4 is 0 Å². The number of hydrogen-bond donors (Lipinski definition) is 0. The molecule has 3 aromatic rings. The van der Waals surface area contributed by atoms with Crippen molar-refractivity contribution in [2.45, 2.75) is 13.3 Å². The Morgan fingerprint density at radius 1 is 1.17 bits per heavy atom. The van der Waals surface area contributed by atoms with Crippen LogP contribution in [0.15, 0.2) is 36.7 Å². The van der Waals surface area contributed by atoms with Crippen LogP contribution in [0.2, 0.25) is 5.15 Å². The Kier molecular flexibility index (Phi) is 2.72. The summed E-state index contributed by atoms with van der Waals surface area (Å²) in [6.45, 7) is 2.04. The van der Waals surface area contributed by atoms with Crippen molar-refractivity contribution in [2.75, 3.05) is 0 Å². The minimum absolute atomic E-state index is 0.457. The molecule has 0 atom stereocenters. The fourth-order valence-electron chi connectivity index (χ4n) is 1.98. The van der Waals surface area contributed by atoms with E-state index >= 15 is 0 Å². The highest BCUT2D eigenvalue weighted by molar-refractivity contribution is 6.34. The standard InChI is InChI=1S/C13H11ClN4/c1-2-10-11-12(14)15-8-16-13(11)18(17-10)9-6-4-3-5-7-9/h3-8H,2H2,1H3. The molecule has 1 aromatic carbocycles. The lowest BCUT2D eigenvalue weighted by molar-refractivity contribution is 0.854. The number of aryl methyl sites for hydroxylation is 1. The monoisotopic (exact) mass is 258 g/mol. The van der Waals surface area contributed by atoms with Gasteiger partial charge in [0.05, 0.1) is 16.8 Å². The maximum Gasteiger partial charge on any atom is 0.168 e. The molecule has 0 saturated heterocycles. The molecule has 2 heterocycles. The topological polar surface area (TPSA) is 43.6 Å². The molecular weight excluding hydrogens is 248 g/mol. The Morgan fingerprint density at radius 2 is 1.94 bits per heavy atom. The van der Waals surface area contributed by atoms with Crippen LogP contribution in [0.1, 0.15) is 12.6 Å². The van der Waals surface area contributed by atoms with Crippen LogP contribution in [0, 0.1) is 0 Å². The van der Waals surface area contributed by atoms with Crippen molar-refractivity contribution in [3.63, 3.8) is 0 Å². The second-order valence-corrected chi connectivity index (χ2v) is 4.27. The summed E-state index contributed by atoms with van der Waals surface area (Å²) >= 11 is 6.14. The number of nitrogens with zero attached hydrogens (tertiary/aromatic N) is 4. The quantitative estimate of drug-likeness (QED) is 0.664. The summed E-state index contributed by atoms with van der Waals surface area (Å²) in [7, 11) is 0. The van der Waals surface area contributed by atoms with E-state index < -0.39 is 0 Å². The Balaban J connectivity index is 2.35. The number of para-hydroxylation sites is 1. The lowest BCUT2D eigenvalue weighted by Gasteiger charge is -2.01. The van der Waals surface area contributed by atoms with E-state index in [2.05, 4.69) is 15.1 Å². The van der Waals surface area contributed by atoms with Gasteiger partial charge in [-0.25, -0.2) is 14.6 Å². The number of halogens is 1. The second-order valence-electron chi connectivity index (χ2n) is 3.91. The summed E-state index contributed by atoms with van der Waals surface area (Å²) in [5.74, 6) is 0. The summed E-state index contributed by atoms with van der Waals surface area (Å²) in [4.78, 5) is 8.32. The fraction of sp³-hybridized carbons (Fsp3) is 0.154. The first kappa shape index (κ1) is 11.2. The van der Waals surface area contributed by atoms with Crippen molar-refractivity contribution in [3.8, 4) is 5.69 Å². The van der Waals surface area contributed by atoms with Gasteiger partial charge in [0.15, 0.2) is 5.65 Å². The Labute approximate surface area is 109 Å². The highest BCUT2D eigenvalue weighted by atomic mass is 35.5. The number of aromatic nitrogens is 4. The van der Waals surface area contributed by atoms with Gasteiger partial charge >= 0.3 is 0 Å². The molecule has 0 aliphatic heterocycles. The fourth-order valence-corrected chi connectivity index (χ4v) is 2.22. The molecular formula is C13H11ClN4. The molecule has 0 bridgehead atoms. The molecule has 0 amide bonds. The largest absolute Gasteiger partial charge is 0.224 e. The molecule has 3 rings (SSSR count). The molecule has 0 N–H and O–H groups in total. The SMILES string of the molecule is CCc1nn(-c2ccccc2)c2ncnc(Cl)c12. The number of benzene rings is 1. The van der Waals surface area contributed by atoms with Crippen LogP contribution in [0.4, 0.5) is 0 Å². The van der Waals surface area contributed by atoms with E-state index in [0.717, 1.165) is 28.8 Å². The Morgan fingerprint density at radius 3 is 2.67 bits per heavy atom. The Hall–Kier alpha value is -1.94. The molecule has 0 fully saturated rings. The molecule has 2 aromatic heterocycles. The molecule has 0 spiro atoms. The van der Waals surface area contributed by atoms with E-state index in [4.69, 9.17) is 11.6 Å². The smallest absolute Gasteiger partial charge is 0.168 e. The van der Waals surface area contributed by atoms with Crippen LogP contribution in [0.5, 0.6) is 0 Å². The van der Waals surface area contributed by atoms with Crippen molar-refractivity contribution in [2.24, 2.45) is 0 Å². The highest BCUT2D eigenvalue weighted by Gasteiger charge is 2.15. The summed E-state index contributed by atoms with van der Waals surface area (Å²) in [5, 5.41) is 5.86. The number of hydrogen-bond acceptors (Lipinski definition) is 3. The van der Waals surface area contributed by atoms with Gasteiger partial charge in [-0.05, 0) is 18.6 Å². The summed E-state index contributed by atoms with van der Waals surface area (Å²) in [6, 6.07) is 9.89. The van der Waals surface area contributed by atoms with Crippen molar-refractivity contribution in [3.05, 3.63) is 47.5 Å². The third-order valence-electron chi connectivity index (χ3n) is 2.83. The Bertz CT molecular complexity index is 691. The average Bonchev–Trinajstić information content (AvgIpc) is 2.80. The lowest BCUT2D eigenvalue weighted by Crippen LogP contribution is -1.97. The number of rotatable bonds is 2. The minimum atomic E-state index is 0.457. The predicted molar refractivity (Wildman–Crippen MR) is 71.0 cm³/mol. The molecule has 90 valence electrons. The van der Waals surface area contributed by atoms with Gasteiger partial charge in [-0.1, -0.05) is 36.7 Å². The van der Waals surface area contributed by atoms with E-state index in [0.29, 0.717) is 5.15 Å². The van der Waals surface area contributed by atoms with Gasteiger partial charge in [-0.15, -0.1) is 0 Å². The zero-order valence-corrected chi connectivity index (χ0v) is 10.6. The molecule has 5 heteroatoms. The van der Waals surface area contributed by atoms with E-state index in [1.54, 1.807) is 0 Å². The normalized spacial score (nSPS) is 11.0. The maximum atomic E-state index is 6.14. The van der Waals surface area contributed by atoms with Crippen molar-refractivity contribution < 1.29 is 0 Å². The van der Waals surface area contributed by atoms with Gasteiger partial charge in [0.25, 0.3) is 0 Å². The van der Waals surface area contributed by atoms with Crippen LogP contribution in [-0.2, 0) is 6.42 Å². The summed E-state index contributed by atoms with van der Waals surface area (Å²) < 4.78 is 1.81. The van der Waals surface area contributed by atoms with Crippen LogP contribution >= 0.6 is 11.6 Å². The number of fused-ring (bicyclic) bond motifs is 1. The third-order valence-corrected chi connectivity index (χ3v) is 3.11. The molecule has 18 heavy (non-hydrogen) atoms. The third kappa shape index (κ3) is 1.66. The predicted octanol–water partition coefficient (Wildman–Crippen LogP) is 3.03. The van der Waals surface area contributed by atoms with E-state index in [1.165, 1.54) is 6.33 Å². The zero-order chi connectivity index (χ0) is 12.5. The minimum Gasteiger partial charge on any atom is -0.224 e. The molecule has 0 saturated carbocycles. The maximum absolute atomic E-state index is 6.14. The molecule has 0 unspecified atom stereocenters. The van der Waals surface area contributed by atoms with Gasteiger partial charge in [0, 0.05) is 0 Å². The van der Waals surface area contributed by atoms with Gasteiger partial charge in [-0.2, -0.15) is 5.10 Å². The van der Waals surface area contributed by atoms with Gasteiger partial charge in [-0.3, -0.25) is 0 Å². The second kappa shape index (κ2) is 4.38.